The van der Waals surface area contributed by atoms with Crippen LogP contribution in [0.5, 0.6) is 0 Å². The highest BCUT2D eigenvalue weighted by Crippen LogP contribution is 2.27. The van der Waals surface area contributed by atoms with Gasteiger partial charge < -0.3 is 4.90 Å². The van der Waals surface area contributed by atoms with Gasteiger partial charge in [-0.3, -0.25) is 4.79 Å². The lowest BCUT2D eigenvalue weighted by Gasteiger charge is -2.21. The van der Waals surface area contributed by atoms with Gasteiger partial charge in [0.15, 0.2) is 0 Å². The van der Waals surface area contributed by atoms with Crippen LogP contribution in [0.4, 0.5) is 0 Å². The SMILES string of the molecule is CCN(Cc1cccs1)C(=O)c1cccc(Br)c1Cl. The first-order valence-corrected chi connectivity index (χ1v) is 7.94. The quantitative estimate of drug-likeness (QED) is 0.767. The maximum atomic E-state index is 12.5. The molecule has 0 aliphatic carbocycles. The molecule has 1 amide bonds. The van der Waals surface area contributed by atoms with Crippen molar-refractivity contribution < 1.29 is 4.79 Å². The Hall–Kier alpha value is -0.840. The second-order valence-electron chi connectivity index (χ2n) is 4.00. The van der Waals surface area contributed by atoms with Crippen LogP contribution in [0.3, 0.4) is 0 Å². The number of carbonyl (C=O) groups excluding carboxylic acids is 1. The monoisotopic (exact) mass is 357 g/mol. The molecule has 5 heteroatoms. The molecule has 1 aromatic heterocycles. The summed E-state index contributed by atoms with van der Waals surface area (Å²) < 4.78 is 0.743. The maximum Gasteiger partial charge on any atom is 0.255 e. The average molecular weight is 359 g/mol. The smallest absolute Gasteiger partial charge is 0.255 e. The van der Waals surface area contributed by atoms with Gasteiger partial charge in [0.05, 0.1) is 17.1 Å². The third kappa shape index (κ3) is 3.38. The molecule has 0 N–H and O–H groups in total. The zero-order chi connectivity index (χ0) is 13.8. The molecule has 0 saturated carbocycles. The van der Waals surface area contributed by atoms with Gasteiger partial charge in [0.1, 0.15) is 0 Å². The fourth-order valence-corrected chi connectivity index (χ4v) is 3.05. The normalized spacial score (nSPS) is 10.5. The van der Waals surface area contributed by atoms with Crippen LogP contribution in [0.25, 0.3) is 0 Å². The Morgan fingerprint density at radius 1 is 1.37 bits per heavy atom. The van der Waals surface area contributed by atoms with Crippen molar-refractivity contribution in [3.05, 3.63) is 55.6 Å². The van der Waals surface area contributed by atoms with E-state index in [-0.39, 0.29) is 5.91 Å². The first kappa shape index (κ1) is 14.6. The molecule has 0 unspecified atom stereocenters. The van der Waals surface area contributed by atoms with E-state index < -0.39 is 0 Å². The van der Waals surface area contributed by atoms with E-state index in [2.05, 4.69) is 15.9 Å². The molecule has 0 aliphatic heterocycles. The summed E-state index contributed by atoms with van der Waals surface area (Å²) in [6, 6.07) is 9.43. The van der Waals surface area contributed by atoms with E-state index in [1.807, 2.05) is 36.6 Å². The Kier molecular flexibility index (Phi) is 5.02. The lowest BCUT2D eigenvalue weighted by molar-refractivity contribution is 0.0754. The summed E-state index contributed by atoms with van der Waals surface area (Å²) in [5.41, 5.74) is 0.537. The molecule has 0 spiro atoms. The van der Waals surface area contributed by atoms with Gasteiger partial charge in [0, 0.05) is 15.9 Å². The van der Waals surface area contributed by atoms with Gasteiger partial charge in [-0.05, 0) is 46.4 Å². The van der Waals surface area contributed by atoms with Crippen LogP contribution in [0, 0.1) is 0 Å². The molecular formula is C14H13BrClNOS. The Morgan fingerprint density at radius 3 is 2.79 bits per heavy atom. The fraction of sp³-hybridized carbons (Fsp3) is 0.214. The summed E-state index contributed by atoms with van der Waals surface area (Å²) >= 11 is 11.2. The van der Waals surface area contributed by atoms with Crippen molar-refractivity contribution in [3.63, 3.8) is 0 Å². The second kappa shape index (κ2) is 6.55. The van der Waals surface area contributed by atoms with Gasteiger partial charge in [0.25, 0.3) is 5.91 Å². The molecular weight excluding hydrogens is 346 g/mol. The molecule has 0 atom stereocenters. The van der Waals surface area contributed by atoms with E-state index >= 15 is 0 Å². The fourth-order valence-electron chi connectivity index (χ4n) is 1.76. The topological polar surface area (TPSA) is 20.3 Å². The van der Waals surface area contributed by atoms with E-state index in [4.69, 9.17) is 11.6 Å². The van der Waals surface area contributed by atoms with Gasteiger partial charge in [0.2, 0.25) is 0 Å². The third-order valence-electron chi connectivity index (χ3n) is 2.78. The standard InChI is InChI=1S/C14H13BrClNOS/c1-2-17(9-10-5-4-8-19-10)14(18)11-6-3-7-12(15)13(11)16/h3-8H,2,9H2,1H3. The lowest BCUT2D eigenvalue weighted by atomic mass is 10.2. The highest BCUT2D eigenvalue weighted by atomic mass is 79.9. The van der Waals surface area contributed by atoms with Crippen LogP contribution in [-0.2, 0) is 6.54 Å². The van der Waals surface area contributed by atoms with Gasteiger partial charge >= 0.3 is 0 Å². The Bertz CT molecular complexity index is 571. The maximum absolute atomic E-state index is 12.5. The summed E-state index contributed by atoms with van der Waals surface area (Å²) in [6.07, 6.45) is 0. The zero-order valence-electron chi connectivity index (χ0n) is 10.4. The predicted octanol–water partition coefficient (Wildman–Crippen LogP) is 4.83. The number of nitrogens with zero attached hydrogens (tertiary/aromatic N) is 1. The molecule has 2 rings (SSSR count). The summed E-state index contributed by atoms with van der Waals surface area (Å²) in [4.78, 5) is 15.5. The molecule has 2 nitrogen and oxygen atoms in total. The van der Waals surface area contributed by atoms with Crippen molar-refractivity contribution in [1.82, 2.24) is 4.90 Å². The Morgan fingerprint density at radius 2 is 2.16 bits per heavy atom. The Balaban J connectivity index is 2.23. The zero-order valence-corrected chi connectivity index (χ0v) is 13.6. The van der Waals surface area contributed by atoms with E-state index in [9.17, 15) is 4.79 Å². The predicted molar refractivity (Wildman–Crippen MR) is 83.9 cm³/mol. The molecule has 0 bridgehead atoms. The summed E-state index contributed by atoms with van der Waals surface area (Å²) in [6.45, 7) is 3.24. The van der Waals surface area contributed by atoms with Gasteiger partial charge in [-0.2, -0.15) is 0 Å². The lowest BCUT2D eigenvalue weighted by Crippen LogP contribution is -2.30. The van der Waals surface area contributed by atoms with Crippen LogP contribution >= 0.6 is 38.9 Å². The minimum atomic E-state index is -0.0396. The number of thiophene rings is 1. The number of benzene rings is 1. The Labute approximate surface area is 130 Å². The first-order valence-electron chi connectivity index (χ1n) is 5.89. The number of hydrogen-bond donors (Lipinski definition) is 0. The van der Waals surface area contributed by atoms with Crippen LogP contribution < -0.4 is 0 Å². The van der Waals surface area contributed by atoms with Gasteiger partial charge in [-0.1, -0.05) is 23.7 Å². The molecule has 100 valence electrons. The van der Waals surface area contributed by atoms with Gasteiger partial charge in [-0.15, -0.1) is 11.3 Å². The first-order chi connectivity index (χ1) is 9.13. The molecule has 0 saturated heterocycles. The molecule has 19 heavy (non-hydrogen) atoms. The van der Waals surface area contributed by atoms with Crippen molar-refractivity contribution in [2.75, 3.05) is 6.54 Å². The molecule has 1 aromatic carbocycles. The van der Waals surface area contributed by atoms with Crippen LogP contribution in [0.1, 0.15) is 22.2 Å². The van der Waals surface area contributed by atoms with Gasteiger partial charge in [-0.25, -0.2) is 0 Å². The van der Waals surface area contributed by atoms with Crippen molar-refractivity contribution in [2.24, 2.45) is 0 Å². The van der Waals surface area contributed by atoms with Crippen molar-refractivity contribution in [2.45, 2.75) is 13.5 Å². The van der Waals surface area contributed by atoms with E-state index in [0.29, 0.717) is 23.7 Å². The largest absolute Gasteiger partial charge is 0.334 e. The van der Waals surface area contributed by atoms with Crippen LogP contribution in [0.15, 0.2) is 40.2 Å². The minimum Gasteiger partial charge on any atom is -0.334 e. The average Bonchev–Trinajstić information content (AvgIpc) is 2.91. The number of rotatable bonds is 4. The molecule has 2 aromatic rings. The number of amides is 1. The second-order valence-corrected chi connectivity index (χ2v) is 6.26. The number of hydrogen-bond acceptors (Lipinski definition) is 2. The molecule has 0 fully saturated rings. The molecule has 0 aliphatic rings. The third-order valence-corrected chi connectivity index (χ3v) is 4.94. The number of carbonyl (C=O) groups is 1. The summed E-state index contributed by atoms with van der Waals surface area (Å²) in [5.74, 6) is -0.0396. The van der Waals surface area contributed by atoms with E-state index in [1.165, 1.54) is 4.88 Å². The van der Waals surface area contributed by atoms with Crippen LogP contribution in [0.2, 0.25) is 5.02 Å². The number of halogens is 2. The highest BCUT2D eigenvalue weighted by molar-refractivity contribution is 9.10. The molecule has 1 heterocycles. The minimum absolute atomic E-state index is 0.0396. The van der Waals surface area contributed by atoms with Crippen molar-refractivity contribution >= 4 is 44.8 Å². The molecule has 0 radical (unpaired) electrons. The summed E-state index contributed by atoms with van der Waals surface area (Å²) in [5, 5.41) is 2.48. The van der Waals surface area contributed by atoms with Crippen molar-refractivity contribution in [3.8, 4) is 0 Å². The highest BCUT2D eigenvalue weighted by Gasteiger charge is 2.18. The van der Waals surface area contributed by atoms with Crippen molar-refractivity contribution in [1.29, 1.82) is 0 Å². The van der Waals surface area contributed by atoms with E-state index in [0.717, 1.165) is 4.47 Å². The van der Waals surface area contributed by atoms with Crippen LogP contribution in [-0.4, -0.2) is 17.4 Å². The van der Waals surface area contributed by atoms with E-state index in [1.54, 1.807) is 22.3 Å². The summed E-state index contributed by atoms with van der Waals surface area (Å²) in [7, 11) is 0.